The SMILES string of the molecule is C[C@H](CCC(=O)O)c1cc(F)c(F)cc1F. The molecule has 0 bridgehead atoms. The lowest BCUT2D eigenvalue weighted by Crippen LogP contribution is -2.03. The second-order valence-electron chi connectivity index (χ2n) is 3.62. The van der Waals surface area contributed by atoms with Crippen LogP contribution in [0.25, 0.3) is 0 Å². The van der Waals surface area contributed by atoms with Crippen molar-refractivity contribution in [3.05, 3.63) is 35.1 Å². The molecule has 16 heavy (non-hydrogen) atoms. The van der Waals surface area contributed by atoms with Crippen LogP contribution in [-0.2, 0) is 4.79 Å². The van der Waals surface area contributed by atoms with Crippen LogP contribution < -0.4 is 0 Å². The summed E-state index contributed by atoms with van der Waals surface area (Å²) in [5.41, 5.74) is 0.000139. The predicted octanol–water partition coefficient (Wildman–Crippen LogP) is 3.07. The number of rotatable bonds is 4. The monoisotopic (exact) mass is 232 g/mol. The molecule has 0 heterocycles. The Bertz CT molecular complexity index is 404. The summed E-state index contributed by atoms with van der Waals surface area (Å²) >= 11 is 0. The van der Waals surface area contributed by atoms with E-state index in [0.29, 0.717) is 6.07 Å². The fourth-order valence-electron chi connectivity index (χ4n) is 1.41. The van der Waals surface area contributed by atoms with E-state index in [9.17, 15) is 18.0 Å². The van der Waals surface area contributed by atoms with Gasteiger partial charge in [0.25, 0.3) is 0 Å². The van der Waals surface area contributed by atoms with Gasteiger partial charge in [-0.15, -0.1) is 0 Å². The molecule has 0 aliphatic heterocycles. The Morgan fingerprint density at radius 3 is 2.38 bits per heavy atom. The number of hydrogen-bond acceptors (Lipinski definition) is 1. The fourth-order valence-corrected chi connectivity index (χ4v) is 1.41. The molecule has 1 aromatic carbocycles. The number of hydrogen-bond donors (Lipinski definition) is 1. The Morgan fingerprint density at radius 1 is 1.25 bits per heavy atom. The van der Waals surface area contributed by atoms with Gasteiger partial charge in [-0.05, 0) is 24.0 Å². The molecule has 1 rings (SSSR count). The van der Waals surface area contributed by atoms with E-state index in [2.05, 4.69) is 0 Å². The third kappa shape index (κ3) is 2.98. The summed E-state index contributed by atoms with van der Waals surface area (Å²) in [7, 11) is 0. The van der Waals surface area contributed by atoms with E-state index < -0.39 is 29.3 Å². The minimum atomic E-state index is -1.24. The lowest BCUT2D eigenvalue weighted by molar-refractivity contribution is -0.137. The lowest BCUT2D eigenvalue weighted by Gasteiger charge is -2.11. The quantitative estimate of drug-likeness (QED) is 0.810. The molecule has 1 atom stereocenters. The van der Waals surface area contributed by atoms with Crippen molar-refractivity contribution in [3.8, 4) is 0 Å². The first-order valence-corrected chi connectivity index (χ1v) is 4.78. The Labute approximate surface area is 90.7 Å². The number of carbonyl (C=O) groups is 1. The van der Waals surface area contributed by atoms with Crippen LogP contribution in [0.15, 0.2) is 12.1 Å². The van der Waals surface area contributed by atoms with Gasteiger partial charge >= 0.3 is 5.97 Å². The first kappa shape index (κ1) is 12.5. The zero-order valence-electron chi connectivity index (χ0n) is 8.64. The summed E-state index contributed by atoms with van der Waals surface area (Å²) in [5.74, 6) is -4.69. The Hall–Kier alpha value is -1.52. The van der Waals surface area contributed by atoms with Crippen molar-refractivity contribution in [1.29, 1.82) is 0 Å². The summed E-state index contributed by atoms with van der Waals surface area (Å²) in [6.45, 7) is 1.57. The van der Waals surface area contributed by atoms with Gasteiger partial charge in [0.05, 0.1) is 0 Å². The maximum Gasteiger partial charge on any atom is 0.303 e. The molecule has 0 amide bonds. The second-order valence-corrected chi connectivity index (χ2v) is 3.62. The predicted molar refractivity (Wildman–Crippen MR) is 51.6 cm³/mol. The first-order valence-electron chi connectivity index (χ1n) is 4.78. The third-order valence-corrected chi connectivity index (χ3v) is 2.36. The van der Waals surface area contributed by atoms with Gasteiger partial charge < -0.3 is 5.11 Å². The average molecular weight is 232 g/mol. The molecule has 1 N–H and O–H groups in total. The molecule has 0 unspecified atom stereocenters. The fraction of sp³-hybridized carbons (Fsp3) is 0.364. The van der Waals surface area contributed by atoms with Gasteiger partial charge in [-0.2, -0.15) is 0 Å². The summed E-state index contributed by atoms with van der Waals surface area (Å²) in [4.78, 5) is 10.3. The van der Waals surface area contributed by atoms with Gasteiger partial charge in [0.1, 0.15) is 5.82 Å². The maximum absolute atomic E-state index is 13.3. The van der Waals surface area contributed by atoms with E-state index >= 15 is 0 Å². The molecule has 0 saturated carbocycles. The maximum atomic E-state index is 13.3. The number of aliphatic carboxylic acids is 1. The standard InChI is InChI=1S/C11H11F3O2/c1-6(2-3-11(15)16)7-4-9(13)10(14)5-8(7)12/h4-6H,2-3H2,1H3,(H,15,16)/t6-/m1/s1. The molecule has 0 spiro atoms. The van der Waals surface area contributed by atoms with Gasteiger partial charge in [0, 0.05) is 12.5 Å². The molecule has 88 valence electrons. The molecule has 5 heteroatoms. The van der Waals surface area contributed by atoms with Gasteiger partial charge in [0.2, 0.25) is 0 Å². The molecule has 0 fully saturated rings. The Balaban J connectivity index is 2.86. The van der Waals surface area contributed by atoms with Crippen molar-refractivity contribution in [2.45, 2.75) is 25.7 Å². The molecule has 1 aromatic rings. The van der Waals surface area contributed by atoms with Crippen LogP contribution in [0.4, 0.5) is 13.2 Å². The smallest absolute Gasteiger partial charge is 0.303 e. The largest absolute Gasteiger partial charge is 0.481 e. The van der Waals surface area contributed by atoms with Crippen molar-refractivity contribution >= 4 is 5.97 Å². The Kier molecular flexibility index (Phi) is 3.93. The summed E-state index contributed by atoms with van der Waals surface area (Å²) in [6, 6.07) is 1.25. The highest BCUT2D eigenvalue weighted by atomic mass is 19.2. The van der Waals surface area contributed by atoms with Crippen LogP contribution in [0, 0.1) is 17.5 Å². The number of carboxylic acid groups (broad SMARTS) is 1. The number of halogens is 3. The van der Waals surface area contributed by atoms with Crippen LogP contribution in [0.3, 0.4) is 0 Å². The Morgan fingerprint density at radius 2 is 1.81 bits per heavy atom. The van der Waals surface area contributed by atoms with Gasteiger partial charge in [-0.3, -0.25) is 4.79 Å². The van der Waals surface area contributed by atoms with Crippen molar-refractivity contribution < 1.29 is 23.1 Å². The topological polar surface area (TPSA) is 37.3 Å². The van der Waals surface area contributed by atoms with E-state index in [4.69, 9.17) is 5.11 Å². The second kappa shape index (κ2) is 5.01. The third-order valence-electron chi connectivity index (χ3n) is 2.36. The van der Waals surface area contributed by atoms with Crippen molar-refractivity contribution in [2.24, 2.45) is 0 Å². The summed E-state index contributed by atoms with van der Waals surface area (Å²) < 4.78 is 38.7. The van der Waals surface area contributed by atoms with Crippen LogP contribution in [0.2, 0.25) is 0 Å². The molecule has 0 saturated heterocycles. The summed E-state index contributed by atoms with van der Waals surface area (Å²) in [6.07, 6.45) is 0.0386. The highest BCUT2D eigenvalue weighted by molar-refractivity contribution is 5.66. The summed E-state index contributed by atoms with van der Waals surface area (Å²) in [5, 5.41) is 8.45. The minimum absolute atomic E-state index is 0.000139. The molecule has 0 aliphatic carbocycles. The highest BCUT2D eigenvalue weighted by Crippen LogP contribution is 2.25. The first-order chi connectivity index (χ1) is 7.41. The van der Waals surface area contributed by atoms with Crippen LogP contribution >= 0.6 is 0 Å². The van der Waals surface area contributed by atoms with E-state index in [1.54, 1.807) is 6.92 Å². The van der Waals surface area contributed by atoms with E-state index in [1.807, 2.05) is 0 Å². The molecule has 0 radical (unpaired) electrons. The number of carboxylic acids is 1. The lowest BCUT2D eigenvalue weighted by atomic mass is 9.95. The van der Waals surface area contributed by atoms with Crippen molar-refractivity contribution in [3.63, 3.8) is 0 Å². The van der Waals surface area contributed by atoms with Gasteiger partial charge in [-0.1, -0.05) is 6.92 Å². The van der Waals surface area contributed by atoms with E-state index in [1.165, 1.54) is 0 Å². The average Bonchev–Trinajstić information content (AvgIpc) is 2.20. The molecular formula is C11H11F3O2. The molecule has 0 aromatic heterocycles. The van der Waals surface area contributed by atoms with Gasteiger partial charge in [0.15, 0.2) is 11.6 Å². The highest BCUT2D eigenvalue weighted by Gasteiger charge is 2.16. The van der Waals surface area contributed by atoms with Crippen LogP contribution in [0.1, 0.15) is 31.2 Å². The van der Waals surface area contributed by atoms with Crippen LogP contribution in [0.5, 0.6) is 0 Å². The van der Waals surface area contributed by atoms with Crippen molar-refractivity contribution in [1.82, 2.24) is 0 Å². The normalized spacial score (nSPS) is 12.5. The van der Waals surface area contributed by atoms with Gasteiger partial charge in [-0.25, -0.2) is 13.2 Å². The minimum Gasteiger partial charge on any atom is -0.481 e. The van der Waals surface area contributed by atoms with Crippen molar-refractivity contribution in [2.75, 3.05) is 0 Å². The zero-order chi connectivity index (χ0) is 12.3. The zero-order valence-corrected chi connectivity index (χ0v) is 8.64. The molecule has 0 aliphatic rings. The van der Waals surface area contributed by atoms with E-state index in [0.717, 1.165) is 6.07 Å². The van der Waals surface area contributed by atoms with Crippen LogP contribution in [-0.4, -0.2) is 11.1 Å². The molecular weight excluding hydrogens is 221 g/mol. The number of benzene rings is 1. The molecule has 2 nitrogen and oxygen atoms in total. The van der Waals surface area contributed by atoms with E-state index in [-0.39, 0.29) is 18.4 Å².